The lowest BCUT2D eigenvalue weighted by Gasteiger charge is -2.24. The number of nitrogens with one attached hydrogen (secondary N) is 2. The topological polar surface area (TPSA) is 45.8 Å². The van der Waals surface area contributed by atoms with Crippen LogP contribution in [0, 0.1) is 0 Å². The molecule has 0 radical (unpaired) electrons. The highest BCUT2D eigenvalue weighted by atomic mass is 35.5. The van der Waals surface area contributed by atoms with E-state index >= 15 is 0 Å². The van der Waals surface area contributed by atoms with Gasteiger partial charge in [0.1, 0.15) is 5.76 Å². The van der Waals surface area contributed by atoms with Gasteiger partial charge in [-0.15, -0.1) is 12.4 Å². The minimum Gasteiger partial charge on any atom is -0.392 e. The van der Waals surface area contributed by atoms with E-state index in [1.54, 1.807) is 0 Å². The Morgan fingerprint density at radius 2 is 2.05 bits per heavy atom. The van der Waals surface area contributed by atoms with Gasteiger partial charge in [-0.25, -0.2) is 5.01 Å². The van der Waals surface area contributed by atoms with Crippen molar-refractivity contribution < 1.29 is 9.57 Å². The fraction of sp³-hybridized carbons (Fsp3) is 0.385. The number of anilines is 1. The number of rotatable bonds is 2. The fourth-order valence-electron chi connectivity index (χ4n) is 2.11. The molecule has 6 heteroatoms. The molecule has 0 spiro atoms. The quantitative estimate of drug-likeness (QED) is 0.868. The second kappa shape index (κ2) is 6.25. The molecule has 104 valence electrons. The molecular weight excluding hydrogens is 266 g/mol. The maximum Gasteiger partial charge on any atom is 0.141 e. The van der Waals surface area contributed by atoms with Gasteiger partial charge in [-0.2, -0.15) is 0 Å². The molecule has 1 atom stereocenters. The Labute approximate surface area is 118 Å². The molecule has 0 aromatic heterocycles. The van der Waals surface area contributed by atoms with Crippen LogP contribution in [0.2, 0.25) is 0 Å². The van der Waals surface area contributed by atoms with Gasteiger partial charge < -0.3 is 14.9 Å². The van der Waals surface area contributed by atoms with Crippen molar-refractivity contribution in [3.8, 4) is 0 Å². The maximum absolute atomic E-state index is 5.72. The number of allylic oxidation sites excluding steroid dienone is 1. The number of morpholine rings is 1. The first-order valence-corrected chi connectivity index (χ1v) is 6.15. The summed E-state index contributed by atoms with van der Waals surface area (Å²) in [6.07, 6.45) is 2.07. The summed E-state index contributed by atoms with van der Waals surface area (Å²) in [5.74, 6) is 0.846. The molecule has 19 heavy (non-hydrogen) atoms. The summed E-state index contributed by atoms with van der Waals surface area (Å²) in [7, 11) is 0. The van der Waals surface area contributed by atoms with Crippen LogP contribution in [0.3, 0.4) is 0 Å². The van der Waals surface area contributed by atoms with Gasteiger partial charge in [-0.3, -0.25) is 0 Å². The summed E-state index contributed by atoms with van der Waals surface area (Å²) in [6, 6.07) is 8.30. The van der Waals surface area contributed by atoms with Gasteiger partial charge in [0.05, 0.1) is 24.6 Å². The Hall–Kier alpha value is -1.27. The predicted octanol–water partition coefficient (Wildman–Crippen LogP) is 1.89. The second-order valence-electron chi connectivity index (χ2n) is 4.46. The fourth-order valence-corrected chi connectivity index (χ4v) is 2.11. The van der Waals surface area contributed by atoms with Crippen LogP contribution in [0.1, 0.15) is 18.6 Å². The van der Waals surface area contributed by atoms with Gasteiger partial charge in [0, 0.05) is 13.1 Å². The highest BCUT2D eigenvalue weighted by Gasteiger charge is 2.16. The van der Waals surface area contributed by atoms with Crippen molar-refractivity contribution in [1.29, 1.82) is 0 Å². The van der Waals surface area contributed by atoms with E-state index in [0.29, 0.717) is 0 Å². The van der Waals surface area contributed by atoms with Crippen LogP contribution in [-0.4, -0.2) is 19.7 Å². The average Bonchev–Trinajstić information content (AvgIpc) is 2.87. The van der Waals surface area contributed by atoms with Crippen LogP contribution >= 0.6 is 12.4 Å². The molecule has 1 saturated heterocycles. The average molecular weight is 284 g/mol. The number of hydrogen-bond donors (Lipinski definition) is 2. The summed E-state index contributed by atoms with van der Waals surface area (Å²) in [4.78, 5) is 5.17. The van der Waals surface area contributed by atoms with Gasteiger partial charge in [-0.1, -0.05) is 17.7 Å². The second-order valence-corrected chi connectivity index (χ2v) is 4.46. The molecule has 0 saturated carbocycles. The van der Waals surface area contributed by atoms with Crippen molar-refractivity contribution in [2.75, 3.05) is 24.7 Å². The summed E-state index contributed by atoms with van der Waals surface area (Å²) < 4.78 is 5.72. The summed E-state index contributed by atoms with van der Waals surface area (Å²) in [5.41, 5.74) is 5.06. The molecule has 1 fully saturated rings. The molecule has 2 aliphatic heterocycles. The van der Waals surface area contributed by atoms with Gasteiger partial charge in [0.2, 0.25) is 0 Å². The van der Waals surface area contributed by atoms with E-state index in [9.17, 15) is 0 Å². The zero-order chi connectivity index (χ0) is 12.4. The molecule has 5 nitrogen and oxygen atoms in total. The lowest BCUT2D eigenvalue weighted by Crippen LogP contribution is -2.33. The summed E-state index contributed by atoms with van der Waals surface area (Å²) >= 11 is 0. The Morgan fingerprint density at radius 1 is 1.26 bits per heavy atom. The maximum atomic E-state index is 5.72. The van der Waals surface area contributed by atoms with Crippen LogP contribution < -0.4 is 15.9 Å². The van der Waals surface area contributed by atoms with Crippen LogP contribution in [0.5, 0.6) is 0 Å². The number of nitrogens with zero attached hydrogens (tertiary/aromatic N) is 1. The normalized spacial score (nSPS) is 22.5. The Balaban J connectivity index is 0.00000133. The first-order valence-electron chi connectivity index (χ1n) is 6.15. The molecule has 0 amide bonds. The van der Waals surface area contributed by atoms with Crippen molar-refractivity contribution in [3.63, 3.8) is 0 Å². The molecule has 2 heterocycles. The number of halogens is 1. The number of ether oxygens (including phenoxy) is 1. The van der Waals surface area contributed by atoms with Crippen LogP contribution in [-0.2, 0) is 9.57 Å². The zero-order valence-corrected chi connectivity index (χ0v) is 11.6. The zero-order valence-electron chi connectivity index (χ0n) is 10.8. The monoisotopic (exact) mass is 283 g/mol. The molecular formula is C13H18ClN3O2. The number of hydrazine groups is 1. The number of benzene rings is 1. The minimum atomic E-state index is 0. The first kappa shape index (κ1) is 14.1. The molecule has 0 unspecified atom stereocenters. The van der Waals surface area contributed by atoms with Crippen LogP contribution in [0.15, 0.2) is 36.2 Å². The molecule has 3 rings (SSSR count). The van der Waals surface area contributed by atoms with E-state index in [-0.39, 0.29) is 18.5 Å². The van der Waals surface area contributed by atoms with Crippen molar-refractivity contribution in [1.82, 2.24) is 10.9 Å². The SMILES string of the molecule is CC1=CN(c2ccc([C@H]3CNCCO3)cc2)NO1.Cl. The van der Waals surface area contributed by atoms with E-state index in [1.807, 2.05) is 18.1 Å². The van der Waals surface area contributed by atoms with Crippen molar-refractivity contribution in [2.24, 2.45) is 0 Å². The summed E-state index contributed by atoms with van der Waals surface area (Å²) in [6.45, 7) is 4.50. The molecule has 1 aromatic rings. The number of hydrogen-bond acceptors (Lipinski definition) is 5. The Morgan fingerprint density at radius 3 is 2.63 bits per heavy atom. The minimum absolute atomic E-state index is 0. The van der Waals surface area contributed by atoms with E-state index in [1.165, 1.54) is 5.56 Å². The van der Waals surface area contributed by atoms with Gasteiger partial charge >= 0.3 is 0 Å². The highest BCUT2D eigenvalue weighted by molar-refractivity contribution is 5.85. The standard InChI is InChI=1S/C13H17N3O2.ClH/c1-10-9-16(15-18-10)12-4-2-11(3-5-12)13-8-14-6-7-17-13;/h2-5,9,13-15H,6-8H2,1H3;1H/t13-;/m1./s1. The van der Waals surface area contributed by atoms with Gasteiger partial charge in [0.25, 0.3) is 0 Å². The van der Waals surface area contributed by atoms with Gasteiger partial charge in [0.15, 0.2) is 0 Å². The molecule has 0 bridgehead atoms. The van der Waals surface area contributed by atoms with Crippen LogP contribution in [0.25, 0.3) is 0 Å². The Bertz CT molecular complexity index is 444. The van der Waals surface area contributed by atoms with Crippen molar-refractivity contribution in [3.05, 3.63) is 41.8 Å². The third-order valence-electron chi connectivity index (χ3n) is 3.09. The molecule has 2 N–H and O–H groups in total. The van der Waals surface area contributed by atoms with Gasteiger partial charge in [-0.05, 0) is 24.6 Å². The molecule has 0 aliphatic carbocycles. The highest BCUT2D eigenvalue weighted by Crippen LogP contribution is 2.23. The Kier molecular flexibility index (Phi) is 4.66. The lowest BCUT2D eigenvalue weighted by molar-refractivity contribution is 0.0277. The first-order chi connectivity index (χ1) is 8.83. The van der Waals surface area contributed by atoms with E-state index in [4.69, 9.17) is 9.57 Å². The van der Waals surface area contributed by atoms with Crippen molar-refractivity contribution >= 4 is 18.1 Å². The molecule has 2 aliphatic rings. The third-order valence-corrected chi connectivity index (χ3v) is 3.09. The predicted molar refractivity (Wildman–Crippen MR) is 75.7 cm³/mol. The molecule has 1 aromatic carbocycles. The van der Waals surface area contributed by atoms with E-state index in [2.05, 4.69) is 35.2 Å². The third kappa shape index (κ3) is 3.19. The lowest BCUT2D eigenvalue weighted by atomic mass is 10.1. The van der Waals surface area contributed by atoms with E-state index in [0.717, 1.165) is 31.1 Å². The summed E-state index contributed by atoms with van der Waals surface area (Å²) in [5, 5.41) is 5.18. The smallest absolute Gasteiger partial charge is 0.141 e. The van der Waals surface area contributed by atoms with E-state index < -0.39 is 0 Å². The van der Waals surface area contributed by atoms with Crippen molar-refractivity contribution in [2.45, 2.75) is 13.0 Å². The van der Waals surface area contributed by atoms with Crippen LogP contribution in [0.4, 0.5) is 5.69 Å². The largest absolute Gasteiger partial charge is 0.392 e.